The second-order valence-electron chi connectivity index (χ2n) is 7.58. The first-order valence-corrected chi connectivity index (χ1v) is 10.7. The molecule has 7 heteroatoms. The third-order valence-electron chi connectivity index (χ3n) is 4.89. The number of ether oxygens (including phenoxy) is 3. The maximum Gasteiger partial charge on any atom is 0.410 e. The van der Waals surface area contributed by atoms with Crippen LogP contribution in [0.25, 0.3) is 0 Å². The lowest BCUT2D eigenvalue weighted by molar-refractivity contribution is -0.147. The van der Waals surface area contributed by atoms with Crippen LogP contribution in [-0.4, -0.2) is 37.2 Å². The molecule has 0 N–H and O–H groups in total. The van der Waals surface area contributed by atoms with Gasteiger partial charge in [0.25, 0.3) is 0 Å². The molecule has 0 aromatic heterocycles. The van der Waals surface area contributed by atoms with Gasteiger partial charge in [0.1, 0.15) is 12.4 Å². The summed E-state index contributed by atoms with van der Waals surface area (Å²) in [5.74, 6) is 0.440. The van der Waals surface area contributed by atoms with E-state index < -0.39 is 18.1 Å². The van der Waals surface area contributed by atoms with E-state index in [2.05, 4.69) is 15.9 Å². The molecule has 3 rings (SSSR count). The van der Waals surface area contributed by atoms with Gasteiger partial charge in [-0.25, -0.2) is 9.59 Å². The molecule has 0 fully saturated rings. The second kappa shape index (κ2) is 9.98. The van der Waals surface area contributed by atoms with E-state index in [4.69, 9.17) is 14.2 Å². The first-order chi connectivity index (χ1) is 14.4. The second-order valence-corrected chi connectivity index (χ2v) is 8.43. The van der Waals surface area contributed by atoms with Gasteiger partial charge in [0.15, 0.2) is 6.04 Å². The largest absolute Gasteiger partial charge is 0.489 e. The molecule has 1 amide bonds. The number of methoxy groups -OCH3 is 1. The monoisotopic (exact) mass is 475 g/mol. The van der Waals surface area contributed by atoms with Gasteiger partial charge < -0.3 is 14.2 Å². The molecule has 0 radical (unpaired) electrons. The Balaban J connectivity index is 1.79. The zero-order chi connectivity index (χ0) is 21.7. The molecule has 1 unspecified atom stereocenters. The molecule has 0 saturated heterocycles. The maximum absolute atomic E-state index is 12.6. The summed E-state index contributed by atoms with van der Waals surface area (Å²) in [6.07, 6.45) is 0.102. The molecule has 0 aliphatic carbocycles. The topological polar surface area (TPSA) is 65.1 Å². The fourth-order valence-corrected chi connectivity index (χ4v) is 3.75. The lowest BCUT2D eigenvalue weighted by Crippen LogP contribution is -2.44. The fourth-order valence-electron chi connectivity index (χ4n) is 3.35. The molecule has 2 aromatic carbocycles. The summed E-state index contributed by atoms with van der Waals surface area (Å²) in [6, 6.07) is 12.6. The van der Waals surface area contributed by atoms with Crippen molar-refractivity contribution in [3.8, 4) is 5.75 Å². The highest BCUT2D eigenvalue weighted by Crippen LogP contribution is 2.34. The quantitative estimate of drug-likeness (QED) is 0.556. The molecular formula is C23H26BrNO5. The van der Waals surface area contributed by atoms with E-state index in [0.717, 1.165) is 21.2 Å². The normalized spacial score (nSPS) is 15.5. The lowest BCUT2D eigenvalue weighted by Gasteiger charge is -2.35. The molecule has 0 bridgehead atoms. The van der Waals surface area contributed by atoms with Gasteiger partial charge in [0.2, 0.25) is 0 Å². The van der Waals surface area contributed by atoms with Crippen molar-refractivity contribution in [2.45, 2.75) is 32.9 Å². The Hall–Kier alpha value is -2.54. The number of hydrogen-bond donors (Lipinski definition) is 0. The maximum atomic E-state index is 12.6. The average Bonchev–Trinajstić information content (AvgIpc) is 2.75. The van der Waals surface area contributed by atoms with E-state index >= 15 is 0 Å². The molecular weight excluding hydrogens is 450 g/mol. The lowest BCUT2D eigenvalue weighted by atomic mass is 9.92. The Morgan fingerprint density at radius 1 is 1.20 bits per heavy atom. The summed E-state index contributed by atoms with van der Waals surface area (Å²) in [6.45, 7) is 5.03. The van der Waals surface area contributed by atoms with Crippen molar-refractivity contribution in [2.75, 3.05) is 20.3 Å². The molecule has 1 heterocycles. The minimum Gasteiger partial charge on any atom is -0.489 e. The summed E-state index contributed by atoms with van der Waals surface area (Å²) < 4.78 is 17.3. The summed E-state index contributed by atoms with van der Waals surface area (Å²) >= 11 is 3.52. The van der Waals surface area contributed by atoms with Gasteiger partial charge in [-0.1, -0.05) is 54.0 Å². The number of amides is 1. The van der Waals surface area contributed by atoms with Crippen LogP contribution < -0.4 is 4.74 Å². The Kier molecular flexibility index (Phi) is 7.37. The van der Waals surface area contributed by atoms with Crippen LogP contribution in [0.15, 0.2) is 46.9 Å². The molecule has 160 valence electrons. The van der Waals surface area contributed by atoms with Crippen molar-refractivity contribution in [2.24, 2.45) is 5.92 Å². The standard InChI is InChI=1S/C23H26BrNO5/c1-15(2)13-30-23(27)25-11-10-16-12-18(8-9-19(16)21(25)22(26)28-3)29-14-17-6-4-5-7-20(17)24/h4-9,12,15,21H,10-11,13-14H2,1-3H3. The molecule has 30 heavy (non-hydrogen) atoms. The molecule has 1 aliphatic rings. The predicted molar refractivity (Wildman–Crippen MR) is 116 cm³/mol. The van der Waals surface area contributed by atoms with E-state index in [-0.39, 0.29) is 5.92 Å². The molecule has 1 aliphatic heterocycles. The molecule has 1 atom stereocenters. The number of fused-ring (bicyclic) bond motifs is 1. The zero-order valence-corrected chi connectivity index (χ0v) is 19.0. The van der Waals surface area contributed by atoms with E-state index in [1.807, 2.05) is 56.3 Å². The van der Waals surface area contributed by atoms with Crippen molar-refractivity contribution in [1.29, 1.82) is 0 Å². The number of nitrogens with zero attached hydrogens (tertiary/aromatic N) is 1. The van der Waals surface area contributed by atoms with Gasteiger partial charge in [-0.3, -0.25) is 4.90 Å². The molecule has 0 saturated carbocycles. The van der Waals surface area contributed by atoms with Gasteiger partial charge in [0, 0.05) is 16.6 Å². The van der Waals surface area contributed by atoms with Crippen molar-refractivity contribution < 1.29 is 23.8 Å². The number of carbonyl (C=O) groups is 2. The number of rotatable bonds is 6. The Bertz CT molecular complexity index is 914. The van der Waals surface area contributed by atoms with Crippen LogP contribution in [0.2, 0.25) is 0 Å². The first kappa shape index (κ1) is 22.2. The van der Waals surface area contributed by atoms with Crippen LogP contribution in [0.1, 0.15) is 36.6 Å². The van der Waals surface area contributed by atoms with Crippen LogP contribution >= 0.6 is 15.9 Å². The van der Waals surface area contributed by atoms with Gasteiger partial charge in [-0.2, -0.15) is 0 Å². The SMILES string of the molecule is COC(=O)C1c2ccc(OCc3ccccc3Br)cc2CCN1C(=O)OCC(C)C. The third kappa shape index (κ3) is 5.14. The van der Waals surface area contributed by atoms with E-state index in [9.17, 15) is 9.59 Å². The Labute approximate surface area is 185 Å². The number of benzene rings is 2. The van der Waals surface area contributed by atoms with E-state index in [1.165, 1.54) is 12.0 Å². The third-order valence-corrected chi connectivity index (χ3v) is 5.67. The van der Waals surface area contributed by atoms with Crippen molar-refractivity contribution in [3.05, 3.63) is 63.6 Å². The van der Waals surface area contributed by atoms with Crippen LogP contribution in [0.4, 0.5) is 4.79 Å². The number of esters is 1. The Morgan fingerprint density at radius 3 is 2.67 bits per heavy atom. The van der Waals surface area contributed by atoms with Gasteiger partial charge in [0.05, 0.1) is 13.7 Å². The van der Waals surface area contributed by atoms with Crippen molar-refractivity contribution in [3.63, 3.8) is 0 Å². The van der Waals surface area contributed by atoms with Crippen LogP contribution in [0.5, 0.6) is 5.75 Å². The summed E-state index contributed by atoms with van der Waals surface area (Å²) in [7, 11) is 1.32. The van der Waals surface area contributed by atoms with E-state index in [1.54, 1.807) is 0 Å². The van der Waals surface area contributed by atoms with Crippen LogP contribution in [-0.2, 0) is 27.3 Å². The molecule has 0 spiro atoms. The number of halogens is 1. The summed E-state index contributed by atoms with van der Waals surface area (Å²) in [5.41, 5.74) is 2.74. The molecule has 2 aromatic rings. The van der Waals surface area contributed by atoms with Gasteiger partial charge >= 0.3 is 12.1 Å². The highest BCUT2D eigenvalue weighted by Gasteiger charge is 2.37. The minimum atomic E-state index is -0.823. The fraction of sp³-hybridized carbons (Fsp3) is 0.391. The predicted octanol–water partition coefficient (Wildman–Crippen LogP) is 4.89. The highest BCUT2D eigenvalue weighted by atomic mass is 79.9. The molecule has 6 nitrogen and oxygen atoms in total. The van der Waals surface area contributed by atoms with Crippen LogP contribution in [0.3, 0.4) is 0 Å². The first-order valence-electron chi connectivity index (χ1n) is 9.91. The van der Waals surface area contributed by atoms with Gasteiger partial charge in [-0.05, 0) is 41.7 Å². The Morgan fingerprint density at radius 2 is 1.97 bits per heavy atom. The van der Waals surface area contributed by atoms with Crippen molar-refractivity contribution >= 4 is 28.0 Å². The highest BCUT2D eigenvalue weighted by molar-refractivity contribution is 9.10. The zero-order valence-electron chi connectivity index (χ0n) is 17.4. The summed E-state index contributed by atoms with van der Waals surface area (Å²) in [5, 5.41) is 0. The number of carbonyl (C=O) groups excluding carboxylic acids is 2. The van der Waals surface area contributed by atoms with Crippen molar-refractivity contribution in [1.82, 2.24) is 4.90 Å². The van der Waals surface area contributed by atoms with Crippen LogP contribution in [0, 0.1) is 5.92 Å². The minimum absolute atomic E-state index is 0.215. The smallest absolute Gasteiger partial charge is 0.410 e. The number of hydrogen-bond acceptors (Lipinski definition) is 5. The average molecular weight is 476 g/mol. The summed E-state index contributed by atoms with van der Waals surface area (Å²) in [4.78, 5) is 26.5. The van der Waals surface area contributed by atoms with E-state index in [0.29, 0.717) is 31.9 Å². The van der Waals surface area contributed by atoms with Gasteiger partial charge in [-0.15, -0.1) is 0 Å².